The summed E-state index contributed by atoms with van der Waals surface area (Å²) >= 11 is 0. The molecule has 6 heteroatoms. The quantitative estimate of drug-likeness (QED) is 0.337. The Hall–Kier alpha value is 0.649. The Labute approximate surface area is 48.0 Å². The Bertz CT molecular complexity index is 12.3. The molecule has 0 unspecified atom stereocenters. The Morgan fingerprint density at radius 1 is 1.00 bits per heavy atom. The Kier molecular flexibility index (Phi) is 24.4. The Morgan fingerprint density at radius 2 is 1.00 bits per heavy atom. The zero-order valence-electron chi connectivity index (χ0n) is 2.36. The second kappa shape index (κ2) is 9.17. The zero-order chi connectivity index (χ0) is 3.58. The van der Waals surface area contributed by atoms with Crippen molar-refractivity contribution < 1.29 is 47.3 Å². The largest absolute Gasteiger partial charge is 3.00 e. The van der Waals surface area contributed by atoms with Gasteiger partial charge in [0.25, 0.3) is 0 Å². The SMILES string of the molecule is [Fe+3].[O-2].[O-][Cl+2]([O-])[O-]. The van der Waals surface area contributed by atoms with E-state index in [0.29, 0.717) is 0 Å². The molecule has 0 N–H and O–H groups in total. The summed E-state index contributed by atoms with van der Waals surface area (Å²) in [5.41, 5.74) is 0. The molecular weight excluding hydrogens is 155 g/mol. The number of rotatable bonds is 0. The van der Waals surface area contributed by atoms with Crippen LogP contribution in [0.4, 0.5) is 0 Å². The minimum absolute atomic E-state index is 0. The predicted molar refractivity (Wildman–Crippen MR) is 0.686 cm³/mol. The first kappa shape index (κ1) is 15.9. The van der Waals surface area contributed by atoms with Gasteiger partial charge < -0.3 is 19.5 Å². The van der Waals surface area contributed by atoms with Crippen LogP contribution in [0.5, 0.6) is 0 Å². The van der Waals surface area contributed by atoms with Crippen LogP contribution in [0.2, 0.25) is 0 Å². The molecule has 0 amide bonds. The fourth-order valence-electron chi connectivity index (χ4n) is 0. The molecule has 0 saturated carbocycles. The molecule has 1 radical (unpaired) electrons. The van der Waals surface area contributed by atoms with Crippen LogP contribution in [0.25, 0.3) is 0 Å². The van der Waals surface area contributed by atoms with Crippen LogP contribution >= 0.6 is 0 Å². The van der Waals surface area contributed by atoms with Gasteiger partial charge in [-0.05, 0) is 0 Å². The second-order valence-corrected chi connectivity index (χ2v) is 0.567. The normalized spacial score (nSPS) is 6.00. The van der Waals surface area contributed by atoms with Gasteiger partial charge in [0.05, 0.1) is 10.8 Å². The fraction of sp³-hybridized carbons (Fsp3) is 0. The summed E-state index contributed by atoms with van der Waals surface area (Å²) in [7, 11) is -2.85. The molecule has 6 heavy (non-hydrogen) atoms. The predicted octanol–water partition coefficient (Wildman–Crippen LogP) is -3.69. The Morgan fingerprint density at radius 3 is 1.00 bits per heavy atom. The summed E-state index contributed by atoms with van der Waals surface area (Å²) in [6.45, 7) is 0. The van der Waals surface area contributed by atoms with E-state index >= 15 is 0 Å². The van der Waals surface area contributed by atoms with E-state index in [4.69, 9.17) is 14.0 Å². The van der Waals surface area contributed by atoms with Gasteiger partial charge in [-0.1, -0.05) is 0 Å². The van der Waals surface area contributed by atoms with Crippen molar-refractivity contribution in [2.75, 3.05) is 0 Å². The van der Waals surface area contributed by atoms with Crippen molar-refractivity contribution in [2.24, 2.45) is 0 Å². The summed E-state index contributed by atoms with van der Waals surface area (Å²) in [5.74, 6) is 0. The molecule has 0 fully saturated rings. The van der Waals surface area contributed by atoms with Gasteiger partial charge in [-0.2, -0.15) is 0 Å². The monoisotopic (exact) mass is 155 g/mol. The fourth-order valence-corrected chi connectivity index (χ4v) is 0. The summed E-state index contributed by atoms with van der Waals surface area (Å²) in [4.78, 5) is 0. The van der Waals surface area contributed by atoms with Gasteiger partial charge in [-0.15, -0.1) is 0 Å². The molecule has 0 aromatic carbocycles. The minimum Gasteiger partial charge on any atom is -2.00 e. The number of halogens is 1. The maximum atomic E-state index is 8.41. The molecule has 0 spiro atoms. The van der Waals surface area contributed by atoms with Gasteiger partial charge >= 0.3 is 17.1 Å². The van der Waals surface area contributed by atoms with Crippen LogP contribution in [-0.4, -0.2) is 0 Å². The van der Waals surface area contributed by atoms with Gasteiger partial charge in [0.2, 0.25) is 0 Å². The van der Waals surface area contributed by atoms with E-state index in [1.54, 1.807) is 0 Å². The summed E-state index contributed by atoms with van der Waals surface area (Å²) in [6.07, 6.45) is 0. The van der Waals surface area contributed by atoms with E-state index in [9.17, 15) is 0 Å². The average Bonchev–Trinajstić information content (AvgIpc) is 0.811. The Balaban J connectivity index is -0.0000000450. The number of hydrogen-bond donors (Lipinski definition) is 0. The van der Waals surface area contributed by atoms with Crippen LogP contribution in [0, 0.1) is 10.8 Å². The molecule has 0 aromatic rings. The molecule has 0 heterocycles. The van der Waals surface area contributed by atoms with Crippen LogP contribution in [0.3, 0.4) is 0 Å². The molecule has 0 aromatic heterocycles. The molecule has 0 aliphatic heterocycles. The molecule has 0 atom stereocenters. The molecule has 39 valence electrons. The first-order valence-electron chi connectivity index (χ1n) is 0.463. The summed E-state index contributed by atoms with van der Waals surface area (Å²) < 4.78 is 25.2. The van der Waals surface area contributed by atoms with Gasteiger partial charge in [-0.25, -0.2) is 0 Å². The van der Waals surface area contributed by atoms with Crippen molar-refractivity contribution in [2.45, 2.75) is 0 Å². The zero-order valence-corrected chi connectivity index (χ0v) is 4.22. The third-order valence-corrected chi connectivity index (χ3v) is 0. The van der Waals surface area contributed by atoms with Crippen molar-refractivity contribution in [3.05, 3.63) is 0 Å². The van der Waals surface area contributed by atoms with E-state index in [-0.39, 0.29) is 22.5 Å². The summed E-state index contributed by atoms with van der Waals surface area (Å²) in [6, 6.07) is 0. The minimum atomic E-state index is -2.85. The van der Waals surface area contributed by atoms with E-state index < -0.39 is 10.8 Å². The van der Waals surface area contributed by atoms with E-state index in [0.717, 1.165) is 0 Å². The van der Waals surface area contributed by atoms with Gasteiger partial charge in [-0.3, -0.25) is 0 Å². The standard InChI is InChI=1S/ClO3.Fe.O/c2-1(3)4;;/q-1;+3;-2. The van der Waals surface area contributed by atoms with Crippen molar-refractivity contribution in [1.82, 2.24) is 0 Å². The smallest absolute Gasteiger partial charge is 2.00 e. The van der Waals surface area contributed by atoms with E-state index in [1.807, 2.05) is 0 Å². The van der Waals surface area contributed by atoms with Crippen LogP contribution in [0.1, 0.15) is 0 Å². The average molecular weight is 155 g/mol. The van der Waals surface area contributed by atoms with E-state index in [2.05, 4.69) is 0 Å². The number of hydrogen-bond acceptors (Lipinski definition) is 3. The molecule has 0 aliphatic carbocycles. The van der Waals surface area contributed by atoms with E-state index in [1.165, 1.54) is 0 Å². The van der Waals surface area contributed by atoms with Crippen molar-refractivity contribution in [3.8, 4) is 0 Å². The molecular formula is ClFeO4. The van der Waals surface area contributed by atoms with Crippen LogP contribution in [-0.2, 0) is 22.5 Å². The van der Waals surface area contributed by atoms with Crippen molar-refractivity contribution >= 4 is 0 Å². The second-order valence-electron chi connectivity index (χ2n) is 0.189. The first-order chi connectivity index (χ1) is 1.73. The third-order valence-electron chi connectivity index (χ3n) is 0. The summed E-state index contributed by atoms with van der Waals surface area (Å²) in [5, 5.41) is 0. The van der Waals surface area contributed by atoms with Crippen molar-refractivity contribution in [1.29, 1.82) is 0 Å². The molecule has 0 saturated heterocycles. The van der Waals surface area contributed by atoms with Gasteiger partial charge in [0.1, 0.15) is 0 Å². The topological polar surface area (TPSA) is 97.7 Å². The molecule has 0 rings (SSSR count). The molecule has 0 bridgehead atoms. The maximum absolute atomic E-state index is 8.41. The van der Waals surface area contributed by atoms with Gasteiger partial charge in [0.15, 0.2) is 0 Å². The molecule has 4 nitrogen and oxygen atoms in total. The maximum Gasteiger partial charge on any atom is 3.00 e. The third kappa shape index (κ3) is 147. The van der Waals surface area contributed by atoms with Crippen LogP contribution in [0.15, 0.2) is 0 Å². The molecule has 0 aliphatic rings. The van der Waals surface area contributed by atoms with Gasteiger partial charge in [0, 0.05) is 0 Å². The van der Waals surface area contributed by atoms with Crippen LogP contribution < -0.4 is 14.0 Å². The first-order valence-corrected chi connectivity index (χ1v) is 1.39. The van der Waals surface area contributed by atoms with Crippen molar-refractivity contribution in [3.63, 3.8) is 0 Å².